The van der Waals surface area contributed by atoms with Crippen molar-refractivity contribution in [3.05, 3.63) is 81.6 Å². The second kappa shape index (κ2) is 5.99. The molecule has 112 valence electrons. The van der Waals surface area contributed by atoms with E-state index in [1.54, 1.807) is 54.6 Å². The maximum atomic E-state index is 12.4. The molecule has 0 amide bonds. The molecule has 3 aromatic rings. The molecule has 0 atom stereocenters. The zero-order valence-electron chi connectivity index (χ0n) is 11.9. The van der Waals surface area contributed by atoms with Gasteiger partial charge in [-0.05, 0) is 29.8 Å². The lowest BCUT2D eigenvalue weighted by Gasteiger charge is -2.12. The fourth-order valence-electron chi connectivity index (χ4n) is 2.39. The van der Waals surface area contributed by atoms with Crippen molar-refractivity contribution < 1.29 is 5.11 Å². The summed E-state index contributed by atoms with van der Waals surface area (Å²) in [4.78, 5) is 12.4. The Morgan fingerprint density at radius 3 is 2.30 bits per heavy atom. The fourth-order valence-corrected chi connectivity index (χ4v) is 2.52. The number of nitrogens with zero attached hydrogens (tertiary/aromatic N) is 2. The van der Waals surface area contributed by atoms with Gasteiger partial charge in [0.1, 0.15) is 11.6 Å². The molecule has 5 heteroatoms. The van der Waals surface area contributed by atoms with Crippen LogP contribution in [0.4, 0.5) is 0 Å². The molecule has 0 saturated heterocycles. The van der Waals surface area contributed by atoms with Crippen LogP contribution in [0, 0.1) is 11.3 Å². The first-order valence-corrected chi connectivity index (χ1v) is 7.20. The van der Waals surface area contributed by atoms with Crippen molar-refractivity contribution in [3.8, 4) is 28.8 Å². The standard InChI is InChI=1S/C18H11ClN2O2/c19-13-8-6-12(7-9-13)15-10-17(22)21(18(23)16(15)11-20)14-4-2-1-3-5-14/h1-10,23H. The molecular formula is C18H11ClN2O2. The maximum Gasteiger partial charge on any atom is 0.258 e. The minimum absolute atomic E-state index is 0.0378. The van der Waals surface area contributed by atoms with Crippen molar-refractivity contribution in [3.63, 3.8) is 0 Å². The van der Waals surface area contributed by atoms with Gasteiger partial charge in [0.25, 0.3) is 5.56 Å². The van der Waals surface area contributed by atoms with Crippen LogP contribution in [0.2, 0.25) is 5.02 Å². The molecule has 4 nitrogen and oxygen atoms in total. The van der Waals surface area contributed by atoms with E-state index in [0.29, 0.717) is 21.8 Å². The molecule has 23 heavy (non-hydrogen) atoms. The van der Waals surface area contributed by atoms with Crippen LogP contribution in [-0.4, -0.2) is 9.67 Å². The number of para-hydroxylation sites is 1. The molecule has 0 radical (unpaired) electrons. The second-order valence-corrected chi connectivity index (χ2v) is 5.32. The van der Waals surface area contributed by atoms with Crippen molar-refractivity contribution in [2.24, 2.45) is 0 Å². The Morgan fingerprint density at radius 2 is 1.70 bits per heavy atom. The minimum Gasteiger partial charge on any atom is -0.493 e. The van der Waals surface area contributed by atoms with Gasteiger partial charge < -0.3 is 5.11 Å². The maximum absolute atomic E-state index is 12.4. The van der Waals surface area contributed by atoms with Gasteiger partial charge in [0.05, 0.1) is 5.69 Å². The van der Waals surface area contributed by atoms with E-state index in [2.05, 4.69) is 0 Å². The highest BCUT2D eigenvalue weighted by atomic mass is 35.5. The molecule has 0 spiro atoms. The monoisotopic (exact) mass is 322 g/mol. The Hall–Kier alpha value is -3.03. The molecule has 2 aromatic carbocycles. The number of rotatable bonds is 2. The molecule has 0 unspecified atom stereocenters. The smallest absolute Gasteiger partial charge is 0.258 e. The van der Waals surface area contributed by atoms with Crippen molar-refractivity contribution >= 4 is 11.6 Å². The van der Waals surface area contributed by atoms with Gasteiger partial charge in [-0.15, -0.1) is 0 Å². The molecule has 0 fully saturated rings. The molecule has 1 heterocycles. The van der Waals surface area contributed by atoms with Gasteiger partial charge in [-0.1, -0.05) is 41.9 Å². The van der Waals surface area contributed by atoms with Gasteiger partial charge in [0.15, 0.2) is 0 Å². The predicted molar refractivity (Wildman–Crippen MR) is 88.9 cm³/mol. The zero-order valence-corrected chi connectivity index (χ0v) is 12.7. The van der Waals surface area contributed by atoms with Gasteiger partial charge >= 0.3 is 0 Å². The third-order valence-corrected chi connectivity index (χ3v) is 3.73. The zero-order chi connectivity index (χ0) is 16.4. The van der Waals surface area contributed by atoms with Crippen LogP contribution in [0.25, 0.3) is 16.8 Å². The Balaban J connectivity index is 2.28. The number of halogens is 1. The summed E-state index contributed by atoms with van der Waals surface area (Å²) >= 11 is 5.86. The molecule has 0 aliphatic heterocycles. The molecule has 0 aliphatic rings. The minimum atomic E-state index is -0.419. The summed E-state index contributed by atoms with van der Waals surface area (Å²) in [6.07, 6.45) is 0. The van der Waals surface area contributed by atoms with E-state index < -0.39 is 5.56 Å². The Kier molecular flexibility index (Phi) is 3.88. The van der Waals surface area contributed by atoms with Crippen molar-refractivity contribution in [2.45, 2.75) is 0 Å². The van der Waals surface area contributed by atoms with Crippen LogP contribution in [0.1, 0.15) is 5.56 Å². The SMILES string of the molecule is N#Cc1c(-c2ccc(Cl)cc2)cc(=O)n(-c2ccccc2)c1O. The van der Waals surface area contributed by atoms with Gasteiger partial charge in [0.2, 0.25) is 5.88 Å². The normalized spacial score (nSPS) is 10.3. The summed E-state index contributed by atoms with van der Waals surface area (Å²) in [6, 6.07) is 18.7. The molecule has 1 N–H and O–H groups in total. The van der Waals surface area contributed by atoms with Crippen LogP contribution >= 0.6 is 11.6 Å². The summed E-state index contributed by atoms with van der Waals surface area (Å²) in [5, 5.41) is 20.4. The number of aromatic hydroxyl groups is 1. The van der Waals surface area contributed by atoms with Crippen molar-refractivity contribution in [2.75, 3.05) is 0 Å². The first-order valence-electron chi connectivity index (χ1n) is 6.82. The topological polar surface area (TPSA) is 66.0 Å². The van der Waals surface area contributed by atoms with Crippen LogP contribution in [0.15, 0.2) is 65.5 Å². The highest BCUT2D eigenvalue weighted by Crippen LogP contribution is 2.30. The van der Waals surface area contributed by atoms with E-state index in [1.807, 2.05) is 6.07 Å². The molecule has 0 saturated carbocycles. The lowest BCUT2D eigenvalue weighted by Crippen LogP contribution is -2.18. The van der Waals surface area contributed by atoms with Crippen LogP contribution < -0.4 is 5.56 Å². The van der Waals surface area contributed by atoms with Crippen molar-refractivity contribution in [1.29, 1.82) is 5.26 Å². The van der Waals surface area contributed by atoms with Crippen LogP contribution in [0.3, 0.4) is 0 Å². The lowest BCUT2D eigenvalue weighted by atomic mass is 10.0. The summed E-state index contributed by atoms with van der Waals surface area (Å²) in [5.41, 5.74) is 1.12. The number of benzene rings is 2. The van der Waals surface area contributed by atoms with Crippen molar-refractivity contribution in [1.82, 2.24) is 4.57 Å². The molecular weight excluding hydrogens is 312 g/mol. The lowest BCUT2D eigenvalue weighted by molar-refractivity contribution is 0.434. The van der Waals surface area contributed by atoms with Gasteiger partial charge in [-0.25, -0.2) is 4.57 Å². The highest BCUT2D eigenvalue weighted by molar-refractivity contribution is 6.30. The van der Waals surface area contributed by atoms with E-state index in [0.717, 1.165) is 4.57 Å². The van der Waals surface area contributed by atoms with Gasteiger partial charge in [-0.2, -0.15) is 5.26 Å². The van der Waals surface area contributed by atoms with E-state index in [9.17, 15) is 15.2 Å². The molecule has 1 aromatic heterocycles. The van der Waals surface area contributed by atoms with Crippen LogP contribution in [0.5, 0.6) is 5.88 Å². The first-order chi connectivity index (χ1) is 11.1. The molecule has 0 aliphatic carbocycles. The highest BCUT2D eigenvalue weighted by Gasteiger charge is 2.17. The number of nitriles is 1. The predicted octanol–water partition coefficient (Wildman–Crippen LogP) is 3.74. The molecule has 3 rings (SSSR count). The first kappa shape index (κ1) is 14.9. The average molecular weight is 323 g/mol. The number of hydrogen-bond acceptors (Lipinski definition) is 3. The Bertz CT molecular complexity index is 955. The number of pyridine rings is 1. The fraction of sp³-hybridized carbons (Fsp3) is 0. The van der Waals surface area contributed by atoms with E-state index >= 15 is 0 Å². The van der Waals surface area contributed by atoms with Gasteiger partial charge in [-0.3, -0.25) is 4.79 Å². The van der Waals surface area contributed by atoms with E-state index in [4.69, 9.17) is 11.6 Å². The third-order valence-electron chi connectivity index (χ3n) is 3.47. The second-order valence-electron chi connectivity index (χ2n) is 4.88. The molecule has 0 bridgehead atoms. The number of hydrogen-bond donors (Lipinski definition) is 1. The van der Waals surface area contributed by atoms with Crippen LogP contribution in [-0.2, 0) is 0 Å². The van der Waals surface area contributed by atoms with E-state index in [1.165, 1.54) is 6.07 Å². The van der Waals surface area contributed by atoms with E-state index in [-0.39, 0.29) is 11.4 Å². The number of aromatic nitrogens is 1. The third kappa shape index (κ3) is 2.70. The summed E-state index contributed by atoms with van der Waals surface area (Å²) in [7, 11) is 0. The van der Waals surface area contributed by atoms with Gasteiger partial charge in [0, 0.05) is 16.7 Å². The summed E-state index contributed by atoms with van der Waals surface area (Å²) in [6.45, 7) is 0. The summed E-state index contributed by atoms with van der Waals surface area (Å²) < 4.78 is 1.11. The summed E-state index contributed by atoms with van der Waals surface area (Å²) in [5.74, 6) is -0.379. The Morgan fingerprint density at radius 1 is 1.04 bits per heavy atom. The Labute approximate surface area is 137 Å². The average Bonchev–Trinajstić information content (AvgIpc) is 2.56. The quantitative estimate of drug-likeness (QED) is 0.781. The largest absolute Gasteiger partial charge is 0.493 e.